The van der Waals surface area contributed by atoms with Crippen molar-refractivity contribution < 1.29 is 20.0 Å². The molecule has 0 aliphatic carbocycles. The predicted octanol–water partition coefficient (Wildman–Crippen LogP) is 1.22. The van der Waals surface area contributed by atoms with E-state index in [1.165, 1.54) is 0 Å². The van der Waals surface area contributed by atoms with E-state index >= 15 is 0 Å². The number of carbonyl (C=O) groups is 1. The number of hydrogen-bond acceptors (Lipinski definition) is 3. The summed E-state index contributed by atoms with van der Waals surface area (Å²) in [6.45, 7) is -0.144. The van der Waals surface area contributed by atoms with Crippen molar-refractivity contribution in [3.8, 4) is 0 Å². The van der Waals surface area contributed by atoms with Gasteiger partial charge in [-0.25, -0.2) is 4.89 Å². The van der Waals surface area contributed by atoms with Gasteiger partial charge in [0.15, 0.2) is 0 Å². The van der Waals surface area contributed by atoms with Crippen LogP contribution in [0.25, 0.3) is 0 Å². The van der Waals surface area contributed by atoms with Gasteiger partial charge in [0.1, 0.15) is 0 Å². The molecular formula is C5H14O4. The van der Waals surface area contributed by atoms with E-state index in [9.17, 15) is 4.79 Å². The van der Waals surface area contributed by atoms with Crippen LogP contribution >= 0.6 is 0 Å². The van der Waals surface area contributed by atoms with Crippen LogP contribution in [0.1, 0.15) is 21.3 Å². The molecule has 4 heteroatoms. The fourth-order valence-electron chi connectivity index (χ4n) is 0.133. The Morgan fingerprint density at radius 1 is 1.44 bits per heavy atom. The predicted molar refractivity (Wildman–Crippen MR) is 34.3 cm³/mol. The van der Waals surface area contributed by atoms with E-state index in [1.54, 1.807) is 0 Å². The Hall–Kier alpha value is -0.610. The molecule has 58 valence electrons. The Bertz CT molecular complexity index is 62.0. The van der Waals surface area contributed by atoms with Gasteiger partial charge in [-0.2, -0.15) is 0 Å². The molecule has 0 rings (SSSR count). The average Bonchev–Trinajstić information content (AvgIpc) is 1.61. The maximum absolute atomic E-state index is 9.57. The summed E-state index contributed by atoms with van der Waals surface area (Å²) in [5.74, 6) is -0.978. The van der Waals surface area contributed by atoms with Gasteiger partial charge in [-0.3, -0.25) is 10.1 Å². The number of aliphatic carboxylic acids is 1. The maximum atomic E-state index is 9.57. The lowest BCUT2D eigenvalue weighted by Gasteiger charge is -1.86. The number of rotatable bonds is 3. The minimum absolute atomic E-state index is 0. The molecule has 0 amide bonds. The minimum atomic E-state index is -0.978. The van der Waals surface area contributed by atoms with Gasteiger partial charge in [-0.15, -0.1) is 0 Å². The lowest BCUT2D eigenvalue weighted by molar-refractivity contribution is -0.243. The van der Waals surface area contributed by atoms with Gasteiger partial charge in [-0.05, 0) is 0 Å². The first-order valence-electron chi connectivity index (χ1n) is 1.75. The van der Waals surface area contributed by atoms with Crippen molar-refractivity contribution >= 4 is 5.97 Å². The summed E-state index contributed by atoms with van der Waals surface area (Å²) in [6.07, 6.45) is -0.156. The van der Waals surface area contributed by atoms with Crippen molar-refractivity contribution in [1.29, 1.82) is 0 Å². The van der Waals surface area contributed by atoms with Gasteiger partial charge in [-0.1, -0.05) is 14.9 Å². The summed E-state index contributed by atoms with van der Waals surface area (Å²) in [5.41, 5.74) is 0. The lowest BCUT2D eigenvalue weighted by atomic mass is 10.5. The normalized spacial score (nSPS) is 6.78. The topological polar surface area (TPSA) is 66.8 Å². The molecule has 0 bridgehead atoms. The Kier molecular flexibility index (Phi) is 18.2. The SMILES string of the molecule is C.C.O=C(O)CCOO. The van der Waals surface area contributed by atoms with Crippen molar-refractivity contribution in [2.75, 3.05) is 6.61 Å². The van der Waals surface area contributed by atoms with Crippen molar-refractivity contribution in [3.05, 3.63) is 0 Å². The van der Waals surface area contributed by atoms with Gasteiger partial charge < -0.3 is 5.11 Å². The fraction of sp³-hybridized carbons (Fsp3) is 0.800. The van der Waals surface area contributed by atoms with Gasteiger partial charge in [0.05, 0.1) is 13.0 Å². The molecule has 0 atom stereocenters. The molecule has 0 unspecified atom stereocenters. The number of carboxylic acids is 1. The maximum Gasteiger partial charge on any atom is 0.305 e. The van der Waals surface area contributed by atoms with Crippen LogP contribution < -0.4 is 0 Å². The van der Waals surface area contributed by atoms with E-state index < -0.39 is 5.97 Å². The molecular weight excluding hydrogens is 124 g/mol. The first-order chi connectivity index (χ1) is 3.27. The Morgan fingerprint density at radius 3 is 2.00 bits per heavy atom. The zero-order valence-corrected chi connectivity index (χ0v) is 3.63. The van der Waals surface area contributed by atoms with Crippen LogP contribution in [-0.2, 0) is 9.68 Å². The quantitative estimate of drug-likeness (QED) is 0.454. The molecule has 0 heterocycles. The van der Waals surface area contributed by atoms with Crippen LogP contribution in [-0.4, -0.2) is 22.9 Å². The summed E-state index contributed by atoms with van der Waals surface area (Å²) < 4.78 is 0. The highest BCUT2D eigenvalue weighted by atomic mass is 17.1. The second-order valence-electron chi connectivity index (χ2n) is 0.977. The molecule has 0 aromatic heterocycles. The summed E-state index contributed by atoms with van der Waals surface area (Å²) in [5, 5.41) is 15.4. The van der Waals surface area contributed by atoms with Crippen LogP contribution in [0.5, 0.6) is 0 Å². The average molecular weight is 138 g/mol. The van der Waals surface area contributed by atoms with Crippen molar-refractivity contribution in [2.45, 2.75) is 21.3 Å². The summed E-state index contributed by atoms with van der Waals surface area (Å²) >= 11 is 0. The fourth-order valence-corrected chi connectivity index (χ4v) is 0.133. The molecule has 0 fully saturated rings. The second kappa shape index (κ2) is 10.4. The van der Waals surface area contributed by atoms with Crippen LogP contribution in [0.15, 0.2) is 0 Å². The van der Waals surface area contributed by atoms with E-state index in [0.29, 0.717) is 0 Å². The molecule has 9 heavy (non-hydrogen) atoms. The molecule has 0 spiro atoms. The van der Waals surface area contributed by atoms with Gasteiger partial charge >= 0.3 is 5.97 Å². The summed E-state index contributed by atoms with van der Waals surface area (Å²) in [6, 6.07) is 0. The molecule has 0 aliphatic heterocycles. The molecule has 0 saturated heterocycles. The Morgan fingerprint density at radius 2 is 1.89 bits per heavy atom. The summed E-state index contributed by atoms with van der Waals surface area (Å²) in [7, 11) is 0. The van der Waals surface area contributed by atoms with Crippen LogP contribution in [0.4, 0.5) is 0 Å². The molecule has 0 aliphatic rings. The molecule has 2 N–H and O–H groups in total. The lowest BCUT2D eigenvalue weighted by Crippen LogP contribution is -1.99. The molecule has 4 nitrogen and oxygen atoms in total. The number of carboxylic acid groups (broad SMARTS) is 1. The third-order valence-electron chi connectivity index (χ3n) is 0.407. The standard InChI is InChI=1S/C3H6O4.2CH4/c4-3(5)1-2-7-6;;/h6H,1-2H2,(H,4,5);2*1H4. The van der Waals surface area contributed by atoms with E-state index in [4.69, 9.17) is 10.4 Å². The van der Waals surface area contributed by atoms with E-state index in [2.05, 4.69) is 4.89 Å². The van der Waals surface area contributed by atoms with E-state index in [1.807, 2.05) is 0 Å². The third-order valence-corrected chi connectivity index (χ3v) is 0.407. The zero-order chi connectivity index (χ0) is 5.70. The molecule has 0 aromatic carbocycles. The van der Waals surface area contributed by atoms with E-state index in [-0.39, 0.29) is 27.9 Å². The van der Waals surface area contributed by atoms with Gasteiger partial charge in [0.2, 0.25) is 0 Å². The summed E-state index contributed by atoms with van der Waals surface area (Å²) in [4.78, 5) is 13.0. The van der Waals surface area contributed by atoms with Crippen molar-refractivity contribution in [1.82, 2.24) is 0 Å². The monoisotopic (exact) mass is 138 g/mol. The first kappa shape index (κ1) is 15.8. The highest BCUT2D eigenvalue weighted by Gasteiger charge is 1.92. The number of hydrogen-bond donors (Lipinski definition) is 2. The van der Waals surface area contributed by atoms with Crippen LogP contribution in [0.2, 0.25) is 0 Å². The van der Waals surface area contributed by atoms with Gasteiger partial charge in [0.25, 0.3) is 0 Å². The van der Waals surface area contributed by atoms with E-state index in [0.717, 1.165) is 0 Å². The van der Waals surface area contributed by atoms with Crippen molar-refractivity contribution in [2.24, 2.45) is 0 Å². The highest BCUT2D eigenvalue weighted by Crippen LogP contribution is 1.76. The van der Waals surface area contributed by atoms with Gasteiger partial charge in [0, 0.05) is 0 Å². The zero-order valence-electron chi connectivity index (χ0n) is 3.63. The van der Waals surface area contributed by atoms with Crippen molar-refractivity contribution in [3.63, 3.8) is 0 Å². The van der Waals surface area contributed by atoms with Crippen LogP contribution in [0.3, 0.4) is 0 Å². The minimum Gasteiger partial charge on any atom is -0.481 e. The molecule has 0 radical (unpaired) electrons. The molecule has 0 saturated carbocycles. The molecule has 0 aromatic rings. The Balaban J connectivity index is -0.000000180. The van der Waals surface area contributed by atoms with Crippen LogP contribution in [0, 0.1) is 0 Å². The largest absolute Gasteiger partial charge is 0.481 e. The third kappa shape index (κ3) is 18.7. The smallest absolute Gasteiger partial charge is 0.305 e. The second-order valence-corrected chi connectivity index (χ2v) is 0.977. The highest BCUT2D eigenvalue weighted by molar-refractivity contribution is 5.66. The first-order valence-corrected chi connectivity index (χ1v) is 1.75. The Labute approximate surface area is 55.0 Å².